The van der Waals surface area contributed by atoms with Crippen molar-refractivity contribution in [1.29, 1.82) is 0 Å². The van der Waals surface area contributed by atoms with Crippen molar-refractivity contribution in [3.05, 3.63) is 83.4 Å². The number of amides is 1. The molecule has 0 aliphatic heterocycles. The minimum Gasteiger partial charge on any atom is -0.331 e. The summed E-state index contributed by atoms with van der Waals surface area (Å²) in [4.78, 5) is 14.6. The summed E-state index contributed by atoms with van der Waals surface area (Å²) < 4.78 is 0. The molecule has 0 spiro atoms. The summed E-state index contributed by atoms with van der Waals surface area (Å²) in [7, 11) is 0. The van der Waals surface area contributed by atoms with E-state index in [9.17, 15) is 4.79 Å². The van der Waals surface area contributed by atoms with Crippen LogP contribution in [0.4, 0.5) is 0 Å². The fraction of sp³-hybridized carbons (Fsp3) is 0.545. The van der Waals surface area contributed by atoms with Crippen LogP contribution < -0.4 is 0 Å². The lowest BCUT2D eigenvalue weighted by Crippen LogP contribution is -2.29. The second kappa shape index (κ2) is 10.7. The van der Waals surface area contributed by atoms with Crippen LogP contribution in [0, 0.1) is 10.8 Å². The molecule has 192 valence electrons. The van der Waals surface area contributed by atoms with Gasteiger partial charge >= 0.3 is 0 Å². The SMILES string of the molecule is C=CC(=O)N(Cc1ccc(C(C)(C)CC(C)(C)C)cc1)Cc1ccc(C(C)(C)CC(C)(C)C)cc1. The van der Waals surface area contributed by atoms with E-state index in [4.69, 9.17) is 0 Å². The molecule has 2 rings (SSSR count). The lowest BCUT2D eigenvalue weighted by molar-refractivity contribution is -0.127. The van der Waals surface area contributed by atoms with Crippen LogP contribution in [0.2, 0.25) is 0 Å². The summed E-state index contributed by atoms with van der Waals surface area (Å²) in [6, 6.07) is 17.6. The van der Waals surface area contributed by atoms with Crippen LogP contribution >= 0.6 is 0 Å². The first-order valence-corrected chi connectivity index (χ1v) is 13.0. The molecule has 0 aliphatic carbocycles. The molecule has 0 bridgehead atoms. The third kappa shape index (κ3) is 8.98. The molecule has 1 amide bonds. The van der Waals surface area contributed by atoms with E-state index in [0.29, 0.717) is 13.1 Å². The molecule has 0 saturated carbocycles. The average Bonchev–Trinajstić information content (AvgIpc) is 2.70. The molecule has 0 fully saturated rings. The minimum atomic E-state index is -0.0423. The first-order chi connectivity index (χ1) is 15.9. The summed E-state index contributed by atoms with van der Waals surface area (Å²) in [6.07, 6.45) is 3.65. The molecular weight excluding hydrogens is 426 g/mol. The molecule has 2 heteroatoms. The van der Waals surface area contributed by atoms with Crippen molar-refractivity contribution in [1.82, 2.24) is 4.90 Å². The Bertz CT molecular complexity index is 906. The van der Waals surface area contributed by atoms with Gasteiger partial charge in [0.15, 0.2) is 0 Å². The molecule has 2 aromatic carbocycles. The highest BCUT2D eigenvalue weighted by molar-refractivity contribution is 5.86. The van der Waals surface area contributed by atoms with Crippen LogP contribution in [0.5, 0.6) is 0 Å². The molecule has 0 aliphatic rings. The van der Waals surface area contributed by atoms with Crippen molar-refractivity contribution < 1.29 is 4.79 Å². The number of carbonyl (C=O) groups is 1. The number of rotatable bonds is 9. The zero-order valence-electron chi connectivity index (χ0n) is 24.1. The highest BCUT2D eigenvalue weighted by Crippen LogP contribution is 2.37. The maximum Gasteiger partial charge on any atom is 0.246 e. The molecular formula is C33H49NO. The van der Waals surface area contributed by atoms with Crippen molar-refractivity contribution in [2.24, 2.45) is 10.8 Å². The first kappa shape index (κ1) is 28.9. The molecule has 0 N–H and O–H groups in total. The minimum absolute atomic E-state index is 0.0423. The van der Waals surface area contributed by atoms with E-state index < -0.39 is 0 Å². The van der Waals surface area contributed by atoms with E-state index in [1.807, 2.05) is 4.90 Å². The Kier molecular flexibility index (Phi) is 8.85. The lowest BCUT2D eigenvalue weighted by atomic mass is 9.72. The fourth-order valence-electron chi connectivity index (χ4n) is 5.76. The van der Waals surface area contributed by atoms with Crippen molar-refractivity contribution in [2.45, 2.75) is 106 Å². The smallest absolute Gasteiger partial charge is 0.246 e. The molecule has 0 atom stereocenters. The predicted octanol–water partition coefficient (Wildman–Crippen LogP) is 8.83. The van der Waals surface area contributed by atoms with E-state index in [1.54, 1.807) is 0 Å². The number of carbonyl (C=O) groups excluding carboxylic acids is 1. The normalized spacial score (nSPS) is 13.0. The van der Waals surface area contributed by atoms with Gasteiger partial charge in [-0.05, 0) is 62.8 Å². The van der Waals surface area contributed by atoms with Gasteiger partial charge in [-0.3, -0.25) is 4.79 Å². The molecule has 0 aromatic heterocycles. The largest absolute Gasteiger partial charge is 0.331 e. The van der Waals surface area contributed by atoms with Crippen LogP contribution in [0.1, 0.15) is 104 Å². The molecule has 2 aromatic rings. The number of benzene rings is 2. The zero-order valence-corrected chi connectivity index (χ0v) is 24.1. The Labute approximate surface area is 215 Å². The maximum absolute atomic E-state index is 12.7. The van der Waals surface area contributed by atoms with Gasteiger partial charge in [0, 0.05) is 13.1 Å². The van der Waals surface area contributed by atoms with E-state index >= 15 is 0 Å². The Balaban J connectivity index is 2.16. The van der Waals surface area contributed by atoms with Gasteiger partial charge in [-0.2, -0.15) is 0 Å². The van der Waals surface area contributed by atoms with Gasteiger partial charge < -0.3 is 4.90 Å². The van der Waals surface area contributed by atoms with Crippen LogP contribution in [-0.2, 0) is 28.7 Å². The molecule has 35 heavy (non-hydrogen) atoms. The van der Waals surface area contributed by atoms with Gasteiger partial charge in [0.1, 0.15) is 0 Å². The van der Waals surface area contributed by atoms with E-state index in [0.717, 1.165) is 24.0 Å². The lowest BCUT2D eigenvalue weighted by Gasteiger charge is -2.33. The Morgan fingerprint density at radius 1 is 0.657 bits per heavy atom. The van der Waals surface area contributed by atoms with E-state index in [2.05, 4.69) is 124 Å². The van der Waals surface area contributed by atoms with E-state index in [1.165, 1.54) is 17.2 Å². The maximum atomic E-state index is 12.7. The second-order valence-electron chi connectivity index (χ2n) is 14.0. The summed E-state index contributed by atoms with van der Waals surface area (Å²) in [6.45, 7) is 27.9. The Hall–Kier alpha value is -2.35. The highest BCUT2D eigenvalue weighted by atomic mass is 16.2. The van der Waals surface area contributed by atoms with Gasteiger partial charge in [-0.1, -0.05) is 124 Å². The monoisotopic (exact) mass is 475 g/mol. The van der Waals surface area contributed by atoms with Crippen LogP contribution in [0.3, 0.4) is 0 Å². The second-order valence-corrected chi connectivity index (χ2v) is 14.0. The van der Waals surface area contributed by atoms with Crippen LogP contribution in [0.25, 0.3) is 0 Å². The Morgan fingerprint density at radius 2 is 0.971 bits per heavy atom. The van der Waals surface area contributed by atoms with Crippen molar-refractivity contribution >= 4 is 5.91 Å². The van der Waals surface area contributed by atoms with Gasteiger partial charge in [-0.15, -0.1) is 0 Å². The summed E-state index contributed by atoms with van der Waals surface area (Å²) >= 11 is 0. The number of nitrogens with zero attached hydrogens (tertiary/aromatic N) is 1. The van der Waals surface area contributed by atoms with Gasteiger partial charge in [0.2, 0.25) is 5.91 Å². The fourth-order valence-corrected chi connectivity index (χ4v) is 5.76. The molecule has 0 radical (unpaired) electrons. The average molecular weight is 476 g/mol. The molecule has 2 nitrogen and oxygen atoms in total. The van der Waals surface area contributed by atoms with Crippen LogP contribution in [0.15, 0.2) is 61.2 Å². The molecule has 0 unspecified atom stereocenters. The van der Waals surface area contributed by atoms with Gasteiger partial charge in [-0.25, -0.2) is 0 Å². The molecule has 0 heterocycles. The third-order valence-corrected chi connectivity index (χ3v) is 6.65. The predicted molar refractivity (Wildman–Crippen MR) is 152 cm³/mol. The topological polar surface area (TPSA) is 20.3 Å². The summed E-state index contributed by atoms with van der Waals surface area (Å²) in [5.74, 6) is -0.0423. The third-order valence-electron chi connectivity index (χ3n) is 6.65. The zero-order chi connectivity index (χ0) is 26.7. The van der Waals surface area contributed by atoms with Crippen molar-refractivity contribution in [2.75, 3.05) is 0 Å². The first-order valence-electron chi connectivity index (χ1n) is 13.0. The number of hydrogen-bond acceptors (Lipinski definition) is 1. The van der Waals surface area contributed by atoms with Crippen molar-refractivity contribution in [3.63, 3.8) is 0 Å². The number of hydrogen-bond donors (Lipinski definition) is 0. The summed E-state index contributed by atoms with van der Waals surface area (Å²) in [5, 5.41) is 0. The van der Waals surface area contributed by atoms with Gasteiger partial charge in [0.25, 0.3) is 0 Å². The van der Waals surface area contributed by atoms with E-state index in [-0.39, 0.29) is 27.6 Å². The summed E-state index contributed by atoms with van der Waals surface area (Å²) in [5.41, 5.74) is 5.71. The van der Waals surface area contributed by atoms with Crippen LogP contribution in [-0.4, -0.2) is 10.8 Å². The quantitative estimate of drug-likeness (QED) is 0.332. The highest BCUT2D eigenvalue weighted by Gasteiger charge is 2.28. The molecule has 0 saturated heterocycles. The van der Waals surface area contributed by atoms with Gasteiger partial charge in [0.05, 0.1) is 0 Å². The standard InChI is InChI=1S/C33H49NO/c1-12-29(35)34(21-25-13-17-27(18-14-25)32(8,9)23-30(2,3)4)22-26-15-19-28(20-16-26)33(10,11)24-31(5,6)7/h12-20H,1,21-24H2,2-11H3. The van der Waals surface area contributed by atoms with Crippen molar-refractivity contribution in [3.8, 4) is 0 Å². The Morgan fingerprint density at radius 3 is 1.23 bits per heavy atom.